The molecule has 11 heavy (non-hydrogen) atoms. The van der Waals surface area contributed by atoms with Crippen molar-refractivity contribution in [2.24, 2.45) is 0 Å². The summed E-state index contributed by atoms with van der Waals surface area (Å²) in [6.45, 7) is 4.75. The van der Waals surface area contributed by atoms with Crippen LogP contribution in [-0.2, 0) is 9.53 Å². The van der Waals surface area contributed by atoms with Crippen LogP contribution in [0.15, 0.2) is 12.2 Å². The van der Waals surface area contributed by atoms with Gasteiger partial charge in [-0.05, 0) is 0 Å². The predicted octanol–water partition coefficient (Wildman–Crippen LogP) is 1.61. The van der Waals surface area contributed by atoms with E-state index in [-0.39, 0.29) is 6.61 Å². The molecule has 0 radical (unpaired) electrons. The number of esters is 1. The monoisotopic (exact) mass is 158 g/mol. The number of carbonyl (C=O) groups excluding carboxylic acids is 1. The van der Waals surface area contributed by atoms with Crippen LogP contribution < -0.4 is 0 Å². The van der Waals surface area contributed by atoms with E-state index < -0.39 is 11.6 Å². The fourth-order valence-electron chi connectivity index (χ4n) is 1.18. The van der Waals surface area contributed by atoms with Gasteiger partial charge in [0.15, 0.2) is 5.67 Å². The molecule has 3 heteroatoms. The van der Waals surface area contributed by atoms with Crippen LogP contribution in [0.2, 0.25) is 0 Å². The SMILES string of the molecule is C=C1CC(F)(COC(C)=O)C1. The number of halogens is 1. The van der Waals surface area contributed by atoms with Crippen LogP contribution in [0.5, 0.6) is 0 Å². The summed E-state index contributed by atoms with van der Waals surface area (Å²) in [5.74, 6) is -0.431. The van der Waals surface area contributed by atoms with Gasteiger partial charge in [-0.1, -0.05) is 12.2 Å². The maximum atomic E-state index is 13.2. The normalized spacial score (nSPS) is 20.7. The van der Waals surface area contributed by atoms with E-state index in [1.807, 2.05) is 0 Å². The second kappa shape index (κ2) is 2.64. The van der Waals surface area contributed by atoms with E-state index in [9.17, 15) is 9.18 Å². The van der Waals surface area contributed by atoms with Crippen molar-refractivity contribution in [2.45, 2.75) is 25.4 Å². The largest absolute Gasteiger partial charge is 0.462 e. The zero-order valence-electron chi connectivity index (χ0n) is 6.52. The Hall–Kier alpha value is -0.860. The van der Waals surface area contributed by atoms with Crippen molar-refractivity contribution in [1.82, 2.24) is 0 Å². The zero-order chi connectivity index (χ0) is 8.48. The number of allylic oxidation sites excluding steroid dienone is 1. The summed E-state index contributed by atoms with van der Waals surface area (Å²) >= 11 is 0. The van der Waals surface area contributed by atoms with E-state index in [0.717, 1.165) is 5.57 Å². The Morgan fingerprint density at radius 1 is 1.82 bits per heavy atom. The van der Waals surface area contributed by atoms with Crippen molar-refractivity contribution in [1.29, 1.82) is 0 Å². The summed E-state index contributed by atoms with van der Waals surface area (Å²) in [4.78, 5) is 10.3. The highest BCUT2D eigenvalue weighted by atomic mass is 19.1. The Bertz CT molecular complexity index is 190. The molecule has 1 aliphatic carbocycles. The van der Waals surface area contributed by atoms with E-state index >= 15 is 0 Å². The Labute approximate surface area is 65.0 Å². The minimum absolute atomic E-state index is 0.124. The van der Waals surface area contributed by atoms with Crippen molar-refractivity contribution in [3.05, 3.63) is 12.2 Å². The highest BCUT2D eigenvalue weighted by molar-refractivity contribution is 5.66. The summed E-state index contributed by atoms with van der Waals surface area (Å²) in [5.41, 5.74) is -0.428. The molecule has 0 aromatic rings. The summed E-state index contributed by atoms with van der Waals surface area (Å²) < 4.78 is 17.7. The molecule has 0 unspecified atom stereocenters. The van der Waals surface area contributed by atoms with E-state index in [1.54, 1.807) is 0 Å². The van der Waals surface area contributed by atoms with Gasteiger partial charge < -0.3 is 4.74 Å². The molecule has 1 aliphatic rings. The molecule has 1 saturated carbocycles. The third kappa shape index (κ3) is 2.03. The number of hydrogen-bond acceptors (Lipinski definition) is 2. The van der Waals surface area contributed by atoms with Gasteiger partial charge in [0.2, 0.25) is 0 Å². The molecule has 2 nitrogen and oxygen atoms in total. The molecule has 0 aliphatic heterocycles. The second-order valence-corrected chi connectivity index (χ2v) is 3.03. The molecule has 0 spiro atoms. The minimum Gasteiger partial charge on any atom is -0.462 e. The smallest absolute Gasteiger partial charge is 0.302 e. The Kier molecular flexibility index (Phi) is 1.98. The lowest BCUT2D eigenvalue weighted by Crippen LogP contribution is -2.39. The highest BCUT2D eigenvalue weighted by Gasteiger charge is 2.40. The molecule has 0 amide bonds. The molecule has 62 valence electrons. The van der Waals surface area contributed by atoms with Gasteiger partial charge in [0.25, 0.3) is 0 Å². The average Bonchev–Trinajstić information content (AvgIpc) is 1.81. The third-order valence-electron chi connectivity index (χ3n) is 1.67. The Balaban J connectivity index is 2.27. The first kappa shape index (κ1) is 8.24. The van der Waals surface area contributed by atoms with Crippen LogP contribution in [-0.4, -0.2) is 18.2 Å². The van der Waals surface area contributed by atoms with E-state index in [0.29, 0.717) is 12.8 Å². The molecule has 0 heterocycles. The van der Waals surface area contributed by atoms with Crippen LogP contribution in [0, 0.1) is 0 Å². The summed E-state index contributed by atoms with van der Waals surface area (Å²) in [5, 5.41) is 0. The van der Waals surface area contributed by atoms with Gasteiger partial charge >= 0.3 is 5.97 Å². The number of hydrogen-bond donors (Lipinski definition) is 0. The predicted molar refractivity (Wildman–Crippen MR) is 38.8 cm³/mol. The maximum absolute atomic E-state index is 13.2. The lowest BCUT2D eigenvalue weighted by atomic mass is 9.79. The first-order valence-electron chi connectivity index (χ1n) is 3.51. The van der Waals surface area contributed by atoms with Gasteiger partial charge in [-0.3, -0.25) is 4.79 Å². The van der Waals surface area contributed by atoms with Crippen molar-refractivity contribution in [3.8, 4) is 0 Å². The van der Waals surface area contributed by atoms with Crippen molar-refractivity contribution >= 4 is 5.97 Å². The lowest BCUT2D eigenvalue weighted by Gasteiger charge is -2.34. The number of ether oxygens (including phenoxy) is 1. The first-order valence-corrected chi connectivity index (χ1v) is 3.51. The summed E-state index contributed by atoms with van der Waals surface area (Å²) in [6.07, 6.45) is 0.667. The van der Waals surface area contributed by atoms with Crippen LogP contribution in [0.3, 0.4) is 0 Å². The standard InChI is InChI=1S/C8H11FO2/c1-6-3-8(9,4-6)5-11-7(2)10/h1,3-5H2,2H3. The fraction of sp³-hybridized carbons (Fsp3) is 0.625. The van der Waals surface area contributed by atoms with Crippen molar-refractivity contribution in [2.75, 3.05) is 6.61 Å². The molecule has 0 aromatic heterocycles. The molecule has 0 aromatic carbocycles. The molecular formula is C8H11FO2. The van der Waals surface area contributed by atoms with Gasteiger partial charge in [-0.2, -0.15) is 0 Å². The average molecular weight is 158 g/mol. The van der Waals surface area contributed by atoms with Gasteiger partial charge in [0, 0.05) is 19.8 Å². The lowest BCUT2D eigenvalue weighted by molar-refractivity contribution is -0.146. The van der Waals surface area contributed by atoms with Gasteiger partial charge in [0.05, 0.1) is 0 Å². The topological polar surface area (TPSA) is 26.3 Å². The second-order valence-electron chi connectivity index (χ2n) is 3.03. The van der Waals surface area contributed by atoms with E-state index in [2.05, 4.69) is 11.3 Å². The van der Waals surface area contributed by atoms with E-state index in [1.165, 1.54) is 6.92 Å². The molecule has 0 saturated heterocycles. The molecule has 1 fully saturated rings. The summed E-state index contributed by atoms with van der Waals surface area (Å²) in [7, 11) is 0. The van der Waals surface area contributed by atoms with Gasteiger partial charge in [0.1, 0.15) is 6.61 Å². The van der Waals surface area contributed by atoms with Gasteiger partial charge in [-0.15, -0.1) is 0 Å². The maximum Gasteiger partial charge on any atom is 0.302 e. The molecule has 1 rings (SSSR count). The molecule has 0 bridgehead atoms. The van der Waals surface area contributed by atoms with E-state index in [4.69, 9.17) is 0 Å². The quantitative estimate of drug-likeness (QED) is 0.450. The summed E-state index contributed by atoms with van der Waals surface area (Å²) in [6, 6.07) is 0. The number of carbonyl (C=O) groups is 1. The van der Waals surface area contributed by atoms with Crippen LogP contribution in [0.4, 0.5) is 4.39 Å². The Morgan fingerprint density at radius 3 is 2.73 bits per heavy atom. The fourth-order valence-corrected chi connectivity index (χ4v) is 1.18. The number of rotatable bonds is 2. The van der Waals surface area contributed by atoms with Crippen molar-refractivity contribution < 1.29 is 13.9 Å². The first-order chi connectivity index (χ1) is 5.02. The Morgan fingerprint density at radius 2 is 2.36 bits per heavy atom. The third-order valence-corrected chi connectivity index (χ3v) is 1.67. The van der Waals surface area contributed by atoms with Crippen LogP contribution in [0.25, 0.3) is 0 Å². The minimum atomic E-state index is -1.32. The van der Waals surface area contributed by atoms with Crippen LogP contribution >= 0.6 is 0 Å². The molecule has 0 atom stereocenters. The number of alkyl halides is 1. The van der Waals surface area contributed by atoms with Crippen LogP contribution in [0.1, 0.15) is 19.8 Å². The van der Waals surface area contributed by atoms with Crippen molar-refractivity contribution in [3.63, 3.8) is 0 Å². The molecular weight excluding hydrogens is 147 g/mol. The highest BCUT2D eigenvalue weighted by Crippen LogP contribution is 2.39. The van der Waals surface area contributed by atoms with Gasteiger partial charge in [-0.25, -0.2) is 4.39 Å². The zero-order valence-corrected chi connectivity index (χ0v) is 6.52. The molecule has 0 N–H and O–H groups in total.